The van der Waals surface area contributed by atoms with Crippen molar-refractivity contribution in [2.45, 2.75) is 13.0 Å². The van der Waals surface area contributed by atoms with Crippen molar-refractivity contribution in [3.05, 3.63) is 47.9 Å². The molecule has 86 valence electrons. The fourth-order valence-electron chi connectivity index (χ4n) is 1.63. The van der Waals surface area contributed by atoms with E-state index < -0.39 is 0 Å². The molecule has 2 rings (SSSR count). The lowest BCUT2D eigenvalue weighted by atomic mass is 10.1. The summed E-state index contributed by atoms with van der Waals surface area (Å²) in [6.45, 7) is 1.97. The first kappa shape index (κ1) is 11.1. The van der Waals surface area contributed by atoms with Crippen LogP contribution in [-0.4, -0.2) is 0 Å². The maximum absolute atomic E-state index is 8.88. The molecule has 3 N–H and O–H groups in total. The van der Waals surface area contributed by atoms with E-state index in [1.165, 1.54) is 0 Å². The van der Waals surface area contributed by atoms with Gasteiger partial charge in [-0.05, 0) is 31.2 Å². The van der Waals surface area contributed by atoms with Gasteiger partial charge in [0, 0.05) is 0 Å². The van der Waals surface area contributed by atoms with Gasteiger partial charge in [-0.1, -0.05) is 6.07 Å². The maximum atomic E-state index is 8.88. The number of furan rings is 1. The molecule has 1 aromatic carbocycles. The largest absolute Gasteiger partial charge is 0.467 e. The van der Waals surface area contributed by atoms with E-state index in [0.29, 0.717) is 11.3 Å². The summed E-state index contributed by atoms with van der Waals surface area (Å²) in [4.78, 5) is 0. The van der Waals surface area contributed by atoms with E-state index in [4.69, 9.17) is 15.4 Å². The van der Waals surface area contributed by atoms with Gasteiger partial charge in [-0.3, -0.25) is 0 Å². The fraction of sp³-hybridized carbons (Fsp3) is 0.154. The van der Waals surface area contributed by atoms with Crippen LogP contribution in [0.2, 0.25) is 0 Å². The summed E-state index contributed by atoms with van der Waals surface area (Å²) in [5, 5.41) is 12.1. The number of nitriles is 1. The van der Waals surface area contributed by atoms with E-state index in [-0.39, 0.29) is 6.04 Å². The number of nitrogens with zero attached hydrogens (tertiary/aromatic N) is 1. The number of nitrogens with two attached hydrogens (primary N) is 1. The Labute approximate surface area is 99.7 Å². The molecule has 4 nitrogen and oxygen atoms in total. The minimum Gasteiger partial charge on any atom is -0.467 e. The average molecular weight is 227 g/mol. The first-order valence-corrected chi connectivity index (χ1v) is 5.31. The number of nitrogen functional groups attached to an aromatic ring is 1. The van der Waals surface area contributed by atoms with E-state index in [2.05, 4.69) is 11.4 Å². The summed E-state index contributed by atoms with van der Waals surface area (Å²) in [5.74, 6) is 0.826. The van der Waals surface area contributed by atoms with Crippen LogP contribution in [-0.2, 0) is 0 Å². The molecular formula is C13H13N3O. The predicted octanol–water partition coefficient (Wildman–Crippen LogP) is 2.91. The number of benzene rings is 1. The van der Waals surface area contributed by atoms with Gasteiger partial charge in [-0.25, -0.2) is 0 Å². The number of anilines is 2. The van der Waals surface area contributed by atoms with Crippen molar-refractivity contribution >= 4 is 11.4 Å². The van der Waals surface area contributed by atoms with Gasteiger partial charge < -0.3 is 15.5 Å². The van der Waals surface area contributed by atoms with E-state index in [1.807, 2.05) is 25.1 Å². The van der Waals surface area contributed by atoms with Crippen LogP contribution in [0.1, 0.15) is 24.3 Å². The van der Waals surface area contributed by atoms with Crippen LogP contribution in [0.25, 0.3) is 0 Å². The molecule has 0 saturated heterocycles. The monoisotopic (exact) mass is 227 g/mol. The molecule has 1 heterocycles. The second-order valence-electron chi connectivity index (χ2n) is 3.76. The second kappa shape index (κ2) is 4.62. The normalized spacial score (nSPS) is 11.8. The van der Waals surface area contributed by atoms with Gasteiger partial charge in [0.25, 0.3) is 0 Å². The smallest absolute Gasteiger partial charge is 0.125 e. The first-order valence-electron chi connectivity index (χ1n) is 5.31. The molecule has 0 spiro atoms. The summed E-state index contributed by atoms with van der Waals surface area (Å²) in [6, 6.07) is 11.1. The lowest BCUT2D eigenvalue weighted by molar-refractivity contribution is 0.490. The second-order valence-corrected chi connectivity index (χ2v) is 3.76. The Morgan fingerprint density at radius 2 is 2.18 bits per heavy atom. The van der Waals surface area contributed by atoms with E-state index in [0.717, 1.165) is 11.4 Å². The van der Waals surface area contributed by atoms with Gasteiger partial charge >= 0.3 is 0 Å². The van der Waals surface area contributed by atoms with Gasteiger partial charge in [0.2, 0.25) is 0 Å². The average Bonchev–Trinajstić information content (AvgIpc) is 2.85. The van der Waals surface area contributed by atoms with Crippen LogP contribution < -0.4 is 11.1 Å². The van der Waals surface area contributed by atoms with Crippen molar-refractivity contribution in [3.8, 4) is 6.07 Å². The third kappa shape index (κ3) is 2.23. The molecule has 1 aromatic heterocycles. The zero-order valence-electron chi connectivity index (χ0n) is 9.47. The van der Waals surface area contributed by atoms with Gasteiger partial charge in [-0.15, -0.1) is 0 Å². The molecule has 0 aliphatic heterocycles. The predicted molar refractivity (Wildman–Crippen MR) is 66.3 cm³/mol. The number of hydrogen-bond acceptors (Lipinski definition) is 4. The zero-order chi connectivity index (χ0) is 12.3. The molecule has 0 amide bonds. The first-order chi connectivity index (χ1) is 8.22. The Morgan fingerprint density at radius 1 is 1.35 bits per heavy atom. The Kier molecular flexibility index (Phi) is 3.01. The van der Waals surface area contributed by atoms with Gasteiger partial charge in [0.15, 0.2) is 0 Å². The number of rotatable bonds is 3. The van der Waals surface area contributed by atoms with Crippen LogP contribution >= 0.6 is 0 Å². The third-order valence-electron chi connectivity index (χ3n) is 2.57. The van der Waals surface area contributed by atoms with Crippen molar-refractivity contribution in [1.82, 2.24) is 0 Å². The van der Waals surface area contributed by atoms with Gasteiger partial charge in [-0.2, -0.15) is 5.26 Å². The summed E-state index contributed by atoms with van der Waals surface area (Å²) < 4.78 is 5.30. The molecule has 0 aliphatic rings. The minimum atomic E-state index is 0.00115. The van der Waals surface area contributed by atoms with Crippen molar-refractivity contribution in [2.75, 3.05) is 11.1 Å². The molecule has 2 aromatic rings. The Balaban J connectivity index is 2.23. The van der Waals surface area contributed by atoms with E-state index in [1.54, 1.807) is 18.4 Å². The maximum Gasteiger partial charge on any atom is 0.125 e. The van der Waals surface area contributed by atoms with Crippen LogP contribution in [0.15, 0.2) is 41.0 Å². The summed E-state index contributed by atoms with van der Waals surface area (Å²) in [7, 11) is 0. The van der Waals surface area contributed by atoms with Crippen LogP contribution in [0.5, 0.6) is 0 Å². The highest BCUT2D eigenvalue weighted by atomic mass is 16.3. The summed E-state index contributed by atoms with van der Waals surface area (Å²) in [5.41, 5.74) is 7.56. The Hall–Kier alpha value is -2.41. The molecule has 0 radical (unpaired) electrons. The van der Waals surface area contributed by atoms with Gasteiger partial charge in [0.1, 0.15) is 11.8 Å². The number of hydrogen-bond donors (Lipinski definition) is 2. The molecule has 0 fully saturated rings. The molecule has 1 unspecified atom stereocenters. The Bertz CT molecular complexity index is 540. The minimum absolute atomic E-state index is 0.00115. The van der Waals surface area contributed by atoms with E-state index in [9.17, 15) is 0 Å². The fourth-order valence-corrected chi connectivity index (χ4v) is 1.63. The van der Waals surface area contributed by atoms with Crippen LogP contribution in [0, 0.1) is 11.3 Å². The molecule has 0 saturated carbocycles. The Morgan fingerprint density at radius 3 is 2.82 bits per heavy atom. The van der Waals surface area contributed by atoms with Crippen LogP contribution in [0.3, 0.4) is 0 Å². The summed E-state index contributed by atoms with van der Waals surface area (Å²) >= 11 is 0. The van der Waals surface area contributed by atoms with Crippen molar-refractivity contribution in [2.24, 2.45) is 0 Å². The standard InChI is InChI=1S/C13H13N3O/c1-9(12-6-3-7-17-12)16-11-5-2-4-10(8-14)13(11)15/h2-7,9,16H,15H2,1H3. The highest BCUT2D eigenvalue weighted by Gasteiger charge is 2.10. The lowest BCUT2D eigenvalue weighted by Crippen LogP contribution is -2.08. The molecule has 1 atom stereocenters. The van der Waals surface area contributed by atoms with Crippen LogP contribution in [0.4, 0.5) is 11.4 Å². The zero-order valence-corrected chi connectivity index (χ0v) is 9.47. The highest BCUT2D eigenvalue weighted by Crippen LogP contribution is 2.26. The topological polar surface area (TPSA) is 75.0 Å². The molecule has 0 bridgehead atoms. The van der Waals surface area contributed by atoms with E-state index >= 15 is 0 Å². The van der Waals surface area contributed by atoms with Crippen molar-refractivity contribution in [3.63, 3.8) is 0 Å². The molecule has 0 aliphatic carbocycles. The summed E-state index contributed by atoms with van der Waals surface area (Å²) in [6.07, 6.45) is 1.63. The quantitative estimate of drug-likeness (QED) is 0.790. The molecule has 4 heteroatoms. The number of para-hydroxylation sites is 1. The van der Waals surface area contributed by atoms with Crippen molar-refractivity contribution in [1.29, 1.82) is 5.26 Å². The third-order valence-corrected chi connectivity index (χ3v) is 2.57. The lowest BCUT2D eigenvalue weighted by Gasteiger charge is -2.15. The highest BCUT2D eigenvalue weighted by molar-refractivity contribution is 5.73. The SMILES string of the molecule is CC(Nc1cccc(C#N)c1N)c1ccco1. The van der Waals surface area contributed by atoms with Crippen molar-refractivity contribution < 1.29 is 4.42 Å². The molecule has 17 heavy (non-hydrogen) atoms. The number of nitrogens with one attached hydrogen (secondary N) is 1. The van der Waals surface area contributed by atoms with Gasteiger partial charge in [0.05, 0.1) is 29.2 Å². The molecular weight excluding hydrogens is 214 g/mol.